The molecule has 1 unspecified atom stereocenters. The van der Waals surface area contributed by atoms with Gasteiger partial charge >= 0.3 is 0 Å². The van der Waals surface area contributed by atoms with Gasteiger partial charge < -0.3 is 9.72 Å². The van der Waals surface area contributed by atoms with E-state index in [1.165, 1.54) is 0 Å². The summed E-state index contributed by atoms with van der Waals surface area (Å²) in [6, 6.07) is 0. The number of hydrogen-bond donors (Lipinski definition) is 1. The van der Waals surface area contributed by atoms with Crippen LogP contribution in [0, 0.1) is 5.92 Å². The van der Waals surface area contributed by atoms with Gasteiger partial charge in [0, 0.05) is 24.2 Å². The molecule has 5 heteroatoms. The number of hydrogen-bond acceptors (Lipinski definition) is 4. The first-order valence-corrected chi connectivity index (χ1v) is 7.74. The summed E-state index contributed by atoms with van der Waals surface area (Å²) in [5, 5.41) is 4.88. The van der Waals surface area contributed by atoms with Crippen LogP contribution < -0.4 is 5.32 Å². The van der Waals surface area contributed by atoms with Gasteiger partial charge in [-0.15, -0.1) is 0 Å². The lowest BCUT2D eigenvalue weighted by atomic mass is 10.2. The van der Waals surface area contributed by atoms with Crippen LogP contribution in [0.2, 0.25) is 0 Å². The van der Waals surface area contributed by atoms with Crippen LogP contribution in [0.25, 0.3) is 5.65 Å². The monoisotopic (exact) mass is 278 g/mol. The van der Waals surface area contributed by atoms with E-state index in [9.17, 15) is 0 Å². The molecule has 0 radical (unpaired) electrons. The molecular weight excluding hydrogens is 256 g/mol. The van der Waals surface area contributed by atoms with Gasteiger partial charge in [-0.25, -0.2) is 9.97 Å². The summed E-state index contributed by atoms with van der Waals surface area (Å²) in [6.45, 7) is 9.80. The third kappa shape index (κ3) is 3.41. The largest absolute Gasteiger partial charge is 0.369 e. The van der Waals surface area contributed by atoms with E-state index in [-0.39, 0.29) is 0 Å². The molecule has 2 heterocycles. The highest BCUT2D eigenvalue weighted by Gasteiger charge is 2.14. The Hall–Kier alpha value is -1.23. The molecule has 0 spiro atoms. The second kappa shape index (κ2) is 6.28. The first-order valence-electron chi connectivity index (χ1n) is 6.86. The van der Waals surface area contributed by atoms with E-state index in [0.717, 1.165) is 29.5 Å². The van der Waals surface area contributed by atoms with Crippen LogP contribution in [0.4, 0.5) is 5.82 Å². The van der Waals surface area contributed by atoms with Gasteiger partial charge in [0.15, 0.2) is 5.65 Å². The molecule has 1 N–H and O–H groups in total. The zero-order valence-corrected chi connectivity index (χ0v) is 12.9. The Balaban J connectivity index is 2.31. The van der Waals surface area contributed by atoms with Gasteiger partial charge in [-0.3, -0.25) is 0 Å². The lowest BCUT2D eigenvalue weighted by Gasteiger charge is -2.15. The Kier molecular flexibility index (Phi) is 4.69. The molecule has 2 rings (SSSR count). The number of nitrogens with zero attached hydrogens (tertiary/aromatic N) is 3. The molecule has 19 heavy (non-hydrogen) atoms. The van der Waals surface area contributed by atoms with Gasteiger partial charge in [0.1, 0.15) is 10.8 Å². The molecule has 0 aromatic carbocycles. The molecule has 4 nitrogen and oxygen atoms in total. The number of aromatic nitrogens is 3. The molecule has 0 amide bonds. The molecule has 0 saturated carbocycles. The van der Waals surface area contributed by atoms with Crippen LogP contribution in [-0.4, -0.2) is 26.2 Å². The number of nitrogens with one attached hydrogen (secondary N) is 1. The standard InChI is InChI=1S/C14H22N4S/c1-5-6-15-12-9-18-8-7-16-13(18)14(17-12)19-11(4)10(2)3/h7-11,15H,5-6H2,1-4H3. The lowest BCUT2D eigenvalue weighted by molar-refractivity contribution is 0.641. The van der Waals surface area contributed by atoms with Gasteiger partial charge in [0.05, 0.1) is 6.20 Å². The Morgan fingerprint density at radius 1 is 1.37 bits per heavy atom. The molecule has 0 aliphatic rings. The second-order valence-corrected chi connectivity index (χ2v) is 6.45. The minimum Gasteiger partial charge on any atom is -0.369 e. The second-order valence-electron chi connectivity index (χ2n) is 5.08. The third-order valence-corrected chi connectivity index (χ3v) is 4.55. The van der Waals surface area contributed by atoms with Crippen molar-refractivity contribution in [3.63, 3.8) is 0 Å². The summed E-state index contributed by atoms with van der Waals surface area (Å²) in [5.41, 5.74) is 0.944. The summed E-state index contributed by atoms with van der Waals surface area (Å²) in [5.74, 6) is 1.54. The summed E-state index contributed by atoms with van der Waals surface area (Å²) in [6.07, 6.45) is 6.89. The van der Waals surface area contributed by atoms with Crippen molar-refractivity contribution < 1.29 is 0 Å². The molecule has 2 aromatic rings. The summed E-state index contributed by atoms with van der Waals surface area (Å²) >= 11 is 1.80. The van der Waals surface area contributed by atoms with Crippen LogP contribution >= 0.6 is 11.8 Å². The highest BCUT2D eigenvalue weighted by Crippen LogP contribution is 2.29. The molecule has 0 aliphatic carbocycles. The third-order valence-electron chi connectivity index (χ3n) is 3.14. The van der Waals surface area contributed by atoms with E-state index >= 15 is 0 Å². The number of rotatable bonds is 6. The summed E-state index contributed by atoms with van der Waals surface area (Å²) < 4.78 is 2.04. The van der Waals surface area contributed by atoms with E-state index in [1.54, 1.807) is 11.8 Å². The van der Waals surface area contributed by atoms with Gasteiger partial charge in [0.2, 0.25) is 0 Å². The van der Waals surface area contributed by atoms with Gasteiger partial charge in [0.25, 0.3) is 0 Å². The lowest BCUT2D eigenvalue weighted by Crippen LogP contribution is -2.08. The van der Waals surface area contributed by atoms with Crippen LogP contribution in [0.15, 0.2) is 23.6 Å². The minimum absolute atomic E-state index is 0.523. The molecule has 0 fully saturated rings. The average molecular weight is 278 g/mol. The predicted molar refractivity (Wildman–Crippen MR) is 81.9 cm³/mol. The molecule has 0 bridgehead atoms. The quantitative estimate of drug-likeness (QED) is 0.818. The first kappa shape index (κ1) is 14.2. The number of fused-ring (bicyclic) bond motifs is 1. The van der Waals surface area contributed by atoms with Gasteiger partial charge in [-0.05, 0) is 12.3 Å². The Morgan fingerprint density at radius 2 is 2.16 bits per heavy atom. The number of thioether (sulfide) groups is 1. The van der Waals surface area contributed by atoms with Crippen LogP contribution in [0.1, 0.15) is 34.1 Å². The molecular formula is C14H22N4S. The van der Waals surface area contributed by atoms with E-state index in [4.69, 9.17) is 4.98 Å². The Morgan fingerprint density at radius 3 is 2.84 bits per heavy atom. The van der Waals surface area contributed by atoms with Crippen molar-refractivity contribution in [2.45, 2.75) is 44.4 Å². The van der Waals surface area contributed by atoms with Crippen LogP contribution in [0.5, 0.6) is 0 Å². The summed E-state index contributed by atoms with van der Waals surface area (Å²) in [4.78, 5) is 9.11. The maximum Gasteiger partial charge on any atom is 0.169 e. The maximum absolute atomic E-state index is 4.70. The van der Waals surface area contributed by atoms with Crippen LogP contribution in [-0.2, 0) is 0 Å². The maximum atomic E-state index is 4.70. The van der Waals surface area contributed by atoms with Crippen molar-refractivity contribution in [3.05, 3.63) is 18.6 Å². The zero-order chi connectivity index (χ0) is 13.8. The highest BCUT2D eigenvalue weighted by atomic mass is 32.2. The molecule has 0 aliphatic heterocycles. The zero-order valence-electron chi connectivity index (χ0n) is 12.1. The smallest absolute Gasteiger partial charge is 0.169 e. The van der Waals surface area contributed by atoms with Crippen molar-refractivity contribution in [3.8, 4) is 0 Å². The Bertz CT molecular complexity index is 535. The fraction of sp³-hybridized carbons (Fsp3) is 0.571. The van der Waals surface area contributed by atoms with Crippen molar-refractivity contribution in [2.24, 2.45) is 5.92 Å². The molecule has 104 valence electrons. The first-order chi connectivity index (χ1) is 9.11. The average Bonchev–Trinajstić information content (AvgIpc) is 2.84. The topological polar surface area (TPSA) is 42.2 Å². The van der Waals surface area contributed by atoms with E-state index in [0.29, 0.717) is 11.2 Å². The number of imidazole rings is 1. The van der Waals surface area contributed by atoms with Crippen molar-refractivity contribution in [1.29, 1.82) is 0 Å². The predicted octanol–water partition coefficient (Wildman–Crippen LogP) is 3.69. The SMILES string of the molecule is CCCNc1cn2ccnc2c(SC(C)C(C)C)n1. The van der Waals surface area contributed by atoms with Gasteiger partial charge in [-0.1, -0.05) is 39.5 Å². The van der Waals surface area contributed by atoms with Crippen molar-refractivity contribution >= 4 is 23.2 Å². The van der Waals surface area contributed by atoms with Crippen molar-refractivity contribution in [1.82, 2.24) is 14.4 Å². The normalized spacial score (nSPS) is 13.1. The summed E-state index contributed by atoms with van der Waals surface area (Å²) in [7, 11) is 0. The fourth-order valence-electron chi connectivity index (χ4n) is 1.63. The molecule has 1 atom stereocenters. The number of anilines is 1. The fourth-order valence-corrected chi connectivity index (χ4v) is 2.67. The molecule has 2 aromatic heterocycles. The van der Waals surface area contributed by atoms with E-state index in [2.05, 4.69) is 38.0 Å². The Labute approximate surface area is 119 Å². The van der Waals surface area contributed by atoms with Gasteiger partial charge in [-0.2, -0.15) is 0 Å². The van der Waals surface area contributed by atoms with E-state index < -0.39 is 0 Å². The minimum atomic E-state index is 0.523. The van der Waals surface area contributed by atoms with E-state index in [1.807, 2.05) is 23.0 Å². The van der Waals surface area contributed by atoms with Crippen molar-refractivity contribution in [2.75, 3.05) is 11.9 Å². The molecule has 0 saturated heterocycles. The highest BCUT2D eigenvalue weighted by molar-refractivity contribution is 8.00. The van der Waals surface area contributed by atoms with Crippen LogP contribution in [0.3, 0.4) is 0 Å².